The van der Waals surface area contributed by atoms with Crippen LogP contribution in [0.4, 0.5) is 0 Å². The van der Waals surface area contributed by atoms with Crippen LogP contribution in [-0.2, 0) is 13.2 Å². The number of hydrogen-bond donors (Lipinski definition) is 1. The van der Waals surface area contributed by atoms with Gasteiger partial charge in [0.1, 0.15) is 11.2 Å². The first-order chi connectivity index (χ1) is 8.31. The summed E-state index contributed by atoms with van der Waals surface area (Å²) in [6.07, 6.45) is 1.64. The summed E-state index contributed by atoms with van der Waals surface area (Å²) in [6.45, 7) is 1.01. The summed E-state index contributed by atoms with van der Waals surface area (Å²) in [5.74, 6) is 0.683. The molecule has 4 nitrogen and oxygen atoms in total. The van der Waals surface area contributed by atoms with E-state index in [2.05, 4.69) is 21.0 Å². The second-order valence-corrected chi connectivity index (χ2v) is 4.27. The third-order valence-corrected chi connectivity index (χ3v) is 3.09. The molecule has 0 bridgehead atoms. The van der Waals surface area contributed by atoms with E-state index in [-0.39, 0.29) is 6.61 Å². The highest BCUT2D eigenvalue weighted by atomic mass is 79.9. The maximum atomic E-state index is 8.84. The Morgan fingerprint density at radius 2 is 2.06 bits per heavy atom. The van der Waals surface area contributed by atoms with E-state index in [1.54, 1.807) is 10.9 Å². The number of aromatic nitrogens is 2. The van der Waals surface area contributed by atoms with Crippen LogP contribution in [0.2, 0.25) is 0 Å². The Balaban J connectivity index is 2.00. The van der Waals surface area contributed by atoms with E-state index in [1.165, 1.54) is 0 Å². The van der Waals surface area contributed by atoms with Crippen LogP contribution in [-0.4, -0.2) is 21.5 Å². The second-order valence-electron chi connectivity index (χ2n) is 3.52. The zero-order valence-electron chi connectivity index (χ0n) is 9.21. The van der Waals surface area contributed by atoms with Gasteiger partial charge in [-0.15, -0.1) is 0 Å². The number of rotatable bonds is 5. The normalized spacial score (nSPS) is 10.5. The lowest BCUT2D eigenvalue weighted by atomic mass is 10.2. The molecular formula is C12H13BrN2O2. The third kappa shape index (κ3) is 3.08. The molecule has 0 aliphatic carbocycles. The number of halogens is 1. The van der Waals surface area contributed by atoms with E-state index in [4.69, 9.17) is 9.84 Å². The number of benzene rings is 1. The van der Waals surface area contributed by atoms with Crippen molar-refractivity contribution in [1.29, 1.82) is 0 Å². The van der Waals surface area contributed by atoms with Crippen molar-refractivity contribution in [2.75, 3.05) is 6.61 Å². The van der Waals surface area contributed by atoms with Crippen LogP contribution < -0.4 is 4.74 Å². The molecule has 0 saturated heterocycles. The zero-order valence-corrected chi connectivity index (χ0v) is 10.8. The monoisotopic (exact) mass is 296 g/mol. The summed E-state index contributed by atoms with van der Waals surface area (Å²) < 4.78 is 8.04. The quantitative estimate of drug-likeness (QED) is 0.920. The van der Waals surface area contributed by atoms with Crippen molar-refractivity contribution in [3.05, 3.63) is 46.7 Å². The summed E-state index contributed by atoms with van der Waals surface area (Å²) in [6, 6.07) is 9.93. The van der Waals surface area contributed by atoms with Gasteiger partial charge in [0.25, 0.3) is 0 Å². The van der Waals surface area contributed by atoms with Gasteiger partial charge in [0.2, 0.25) is 0 Å². The predicted octanol–water partition coefficient (Wildman–Crippen LogP) is 2.22. The molecule has 1 N–H and O–H groups in total. The van der Waals surface area contributed by atoms with Crippen LogP contribution in [0, 0.1) is 0 Å². The van der Waals surface area contributed by atoms with Gasteiger partial charge >= 0.3 is 0 Å². The summed E-state index contributed by atoms with van der Waals surface area (Å²) in [5, 5.41) is 12.9. The average Bonchev–Trinajstić information content (AvgIpc) is 2.70. The highest BCUT2D eigenvalue weighted by molar-refractivity contribution is 9.10. The van der Waals surface area contributed by atoms with Gasteiger partial charge in [-0.25, -0.2) is 0 Å². The van der Waals surface area contributed by atoms with E-state index in [0.717, 1.165) is 10.2 Å². The van der Waals surface area contributed by atoms with Gasteiger partial charge in [-0.3, -0.25) is 4.68 Å². The summed E-state index contributed by atoms with van der Waals surface area (Å²) in [7, 11) is 0. The number of aliphatic hydroxyl groups excluding tert-OH is 1. The molecule has 0 aliphatic rings. The van der Waals surface area contributed by atoms with Gasteiger partial charge in [-0.1, -0.05) is 30.3 Å². The largest absolute Gasteiger partial charge is 0.484 e. The van der Waals surface area contributed by atoms with Crippen LogP contribution in [0.1, 0.15) is 5.56 Å². The van der Waals surface area contributed by atoms with Crippen LogP contribution in [0.3, 0.4) is 0 Å². The van der Waals surface area contributed by atoms with Crippen LogP contribution in [0.15, 0.2) is 41.1 Å². The molecule has 1 aromatic heterocycles. The van der Waals surface area contributed by atoms with Crippen LogP contribution in [0.5, 0.6) is 5.75 Å². The minimum Gasteiger partial charge on any atom is -0.484 e. The third-order valence-electron chi connectivity index (χ3n) is 2.29. The molecule has 0 radical (unpaired) electrons. The predicted molar refractivity (Wildman–Crippen MR) is 67.8 cm³/mol. The van der Waals surface area contributed by atoms with Crippen molar-refractivity contribution in [2.45, 2.75) is 13.2 Å². The Bertz CT molecular complexity index is 471. The Morgan fingerprint density at radius 1 is 1.29 bits per heavy atom. The molecule has 1 heterocycles. The highest BCUT2D eigenvalue weighted by Crippen LogP contribution is 2.24. The van der Waals surface area contributed by atoms with Gasteiger partial charge < -0.3 is 9.84 Å². The topological polar surface area (TPSA) is 47.3 Å². The van der Waals surface area contributed by atoms with Crippen molar-refractivity contribution in [1.82, 2.24) is 9.78 Å². The lowest BCUT2D eigenvalue weighted by Gasteiger charge is -2.05. The van der Waals surface area contributed by atoms with Crippen LogP contribution in [0.25, 0.3) is 0 Å². The first kappa shape index (κ1) is 12.1. The van der Waals surface area contributed by atoms with Gasteiger partial charge in [0, 0.05) is 0 Å². The van der Waals surface area contributed by atoms with Crippen molar-refractivity contribution >= 4 is 15.9 Å². The first-order valence-electron chi connectivity index (χ1n) is 5.30. The smallest absolute Gasteiger partial charge is 0.172 e. The van der Waals surface area contributed by atoms with E-state index >= 15 is 0 Å². The molecule has 0 atom stereocenters. The summed E-state index contributed by atoms with van der Waals surface area (Å²) in [5.41, 5.74) is 1.11. The van der Waals surface area contributed by atoms with Gasteiger partial charge in [0.15, 0.2) is 5.75 Å². The molecule has 0 saturated carbocycles. The van der Waals surface area contributed by atoms with Crippen molar-refractivity contribution in [3.63, 3.8) is 0 Å². The molecule has 0 spiro atoms. The minimum absolute atomic E-state index is 0.0540. The lowest BCUT2D eigenvalue weighted by molar-refractivity contribution is 0.266. The standard InChI is InChI=1S/C12H13BrN2O2/c13-12-11(8-14-15(12)6-7-16)17-9-10-4-2-1-3-5-10/h1-5,8,16H,6-7,9H2. The second kappa shape index (κ2) is 5.84. The molecule has 2 rings (SSSR count). The highest BCUT2D eigenvalue weighted by Gasteiger charge is 2.08. The van der Waals surface area contributed by atoms with Gasteiger partial charge in [0.05, 0.1) is 19.3 Å². The van der Waals surface area contributed by atoms with E-state index < -0.39 is 0 Å². The number of nitrogens with zero attached hydrogens (tertiary/aromatic N) is 2. The molecule has 0 unspecified atom stereocenters. The maximum absolute atomic E-state index is 8.84. The SMILES string of the molecule is OCCn1ncc(OCc2ccccc2)c1Br. The Morgan fingerprint density at radius 3 is 2.76 bits per heavy atom. The Kier molecular flexibility index (Phi) is 4.17. The molecule has 0 aliphatic heterocycles. The molecular weight excluding hydrogens is 284 g/mol. The summed E-state index contributed by atoms with van der Waals surface area (Å²) in [4.78, 5) is 0. The fraction of sp³-hybridized carbons (Fsp3) is 0.250. The maximum Gasteiger partial charge on any atom is 0.172 e. The Hall–Kier alpha value is -1.33. The van der Waals surface area contributed by atoms with Gasteiger partial charge in [-0.05, 0) is 21.5 Å². The van der Waals surface area contributed by atoms with E-state index in [1.807, 2.05) is 30.3 Å². The van der Waals surface area contributed by atoms with E-state index in [0.29, 0.717) is 18.9 Å². The number of ether oxygens (including phenoxy) is 1. The number of hydrogen-bond acceptors (Lipinski definition) is 3. The average molecular weight is 297 g/mol. The molecule has 1 aromatic carbocycles. The molecule has 2 aromatic rings. The summed E-state index contributed by atoms with van der Waals surface area (Å²) >= 11 is 3.39. The molecule has 0 fully saturated rings. The van der Waals surface area contributed by atoms with E-state index in [9.17, 15) is 0 Å². The van der Waals surface area contributed by atoms with Crippen molar-refractivity contribution in [2.24, 2.45) is 0 Å². The number of aliphatic hydroxyl groups is 1. The molecule has 90 valence electrons. The molecule has 5 heteroatoms. The fourth-order valence-electron chi connectivity index (χ4n) is 1.44. The fourth-order valence-corrected chi connectivity index (χ4v) is 1.92. The first-order valence-corrected chi connectivity index (χ1v) is 6.09. The van der Waals surface area contributed by atoms with Crippen LogP contribution >= 0.6 is 15.9 Å². The lowest BCUT2D eigenvalue weighted by Crippen LogP contribution is -2.04. The van der Waals surface area contributed by atoms with Gasteiger partial charge in [-0.2, -0.15) is 5.10 Å². The minimum atomic E-state index is 0.0540. The molecule has 0 amide bonds. The van der Waals surface area contributed by atoms with Crippen molar-refractivity contribution in [3.8, 4) is 5.75 Å². The molecule has 17 heavy (non-hydrogen) atoms. The zero-order chi connectivity index (χ0) is 12.1. The van der Waals surface area contributed by atoms with Crippen molar-refractivity contribution < 1.29 is 9.84 Å². The Labute approximate surface area is 108 Å².